The zero-order valence-corrected chi connectivity index (χ0v) is 15.3. The second-order valence-electron chi connectivity index (χ2n) is 6.61. The second kappa shape index (κ2) is 7.50. The van der Waals surface area contributed by atoms with Crippen LogP contribution in [0.5, 0.6) is 0 Å². The summed E-state index contributed by atoms with van der Waals surface area (Å²) in [6.07, 6.45) is 2.78. The molecule has 1 heterocycles. The van der Waals surface area contributed by atoms with Crippen LogP contribution in [0.15, 0.2) is 91.1 Å². The maximum absolute atomic E-state index is 13.1. The van der Waals surface area contributed by atoms with Crippen molar-refractivity contribution in [3.63, 3.8) is 0 Å². The van der Waals surface area contributed by atoms with Gasteiger partial charge in [0.25, 0.3) is 5.91 Å². The van der Waals surface area contributed by atoms with Gasteiger partial charge >= 0.3 is 0 Å². The zero-order valence-electron chi connectivity index (χ0n) is 15.3. The molecule has 3 aromatic carbocycles. The van der Waals surface area contributed by atoms with Crippen LogP contribution in [-0.4, -0.2) is 10.5 Å². The molecule has 0 saturated heterocycles. The minimum atomic E-state index is -0.0448. The Hall–Kier alpha value is -3.33. The Balaban J connectivity index is 1.72. The molecule has 1 amide bonds. The standard InChI is InChI=1S/C24H22N2O/c1-2-22(18-11-5-3-6-12-18)25-24(27)21-17-26(19-13-7-4-8-14-19)23-16-10-9-15-20(21)23/h3-17,22H,2H2,1H3,(H,25,27)/t22-/m0/s1. The summed E-state index contributed by atoms with van der Waals surface area (Å²) >= 11 is 0. The van der Waals surface area contributed by atoms with Crippen LogP contribution >= 0.6 is 0 Å². The fraction of sp³-hybridized carbons (Fsp3) is 0.125. The first-order valence-electron chi connectivity index (χ1n) is 9.29. The van der Waals surface area contributed by atoms with Crippen molar-refractivity contribution >= 4 is 16.8 Å². The van der Waals surface area contributed by atoms with Gasteiger partial charge in [-0.25, -0.2) is 0 Å². The van der Waals surface area contributed by atoms with E-state index in [4.69, 9.17) is 0 Å². The van der Waals surface area contributed by atoms with E-state index in [0.29, 0.717) is 5.56 Å². The van der Waals surface area contributed by atoms with Crippen molar-refractivity contribution in [1.82, 2.24) is 9.88 Å². The van der Waals surface area contributed by atoms with Crippen LogP contribution in [-0.2, 0) is 0 Å². The summed E-state index contributed by atoms with van der Waals surface area (Å²) in [5, 5.41) is 4.16. The largest absolute Gasteiger partial charge is 0.345 e. The summed E-state index contributed by atoms with van der Waals surface area (Å²) in [5.41, 5.74) is 3.90. The van der Waals surface area contributed by atoms with E-state index in [0.717, 1.165) is 28.6 Å². The van der Waals surface area contributed by atoms with Gasteiger partial charge in [0.2, 0.25) is 0 Å². The molecule has 1 N–H and O–H groups in total. The van der Waals surface area contributed by atoms with Crippen LogP contribution in [0.1, 0.15) is 35.3 Å². The average Bonchev–Trinajstić information content (AvgIpc) is 3.13. The Morgan fingerprint density at radius 2 is 1.52 bits per heavy atom. The van der Waals surface area contributed by atoms with Crippen molar-refractivity contribution in [3.8, 4) is 5.69 Å². The summed E-state index contributed by atoms with van der Waals surface area (Å²) < 4.78 is 2.08. The van der Waals surface area contributed by atoms with Crippen molar-refractivity contribution in [1.29, 1.82) is 0 Å². The maximum Gasteiger partial charge on any atom is 0.253 e. The van der Waals surface area contributed by atoms with E-state index in [-0.39, 0.29) is 11.9 Å². The third-order valence-corrected chi connectivity index (χ3v) is 4.91. The number of amides is 1. The van der Waals surface area contributed by atoms with Gasteiger partial charge in [0.1, 0.15) is 0 Å². The predicted molar refractivity (Wildman–Crippen MR) is 110 cm³/mol. The third-order valence-electron chi connectivity index (χ3n) is 4.91. The number of nitrogens with one attached hydrogen (secondary N) is 1. The summed E-state index contributed by atoms with van der Waals surface area (Å²) in [5.74, 6) is -0.0448. The van der Waals surface area contributed by atoms with Crippen molar-refractivity contribution in [2.75, 3.05) is 0 Å². The van der Waals surface area contributed by atoms with E-state index >= 15 is 0 Å². The number of hydrogen-bond acceptors (Lipinski definition) is 1. The van der Waals surface area contributed by atoms with Gasteiger partial charge in [0, 0.05) is 17.3 Å². The van der Waals surface area contributed by atoms with Gasteiger partial charge in [-0.1, -0.05) is 73.7 Å². The molecule has 0 aliphatic heterocycles. The van der Waals surface area contributed by atoms with Crippen molar-refractivity contribution in [3.05, 3.63) is 102 Å². The number of rotatable bonds is 5. The fourth-order valence-corrected chi connectivity index (χ4v) is 3.51. The van der Waals surface area contributed by atoms with Crippen molar-refractivity contribution in [2.45, 2.75) is 19.4 Å². The first kappa shape index (κ1) is 17.1. The lowest BCUT2D eigenvalue weighted by atomic mass is 10.0. The van der Waals surface area contributed by atoms with Gasteiger partial charge in [-0.2, -0.15) is 0 Å². The average molecular weight is 354 g/mol. The number of aromatic nitrogens is 1. The van der Waals surface area contributed by atoms with Crippen molar-refractivity contribution < 1.29 is 4.79 Å². The quantitative estimate of drug-likeness (QED) is 0.504. The first-order chi connectivity index (χ1) is 13.3. The minimum Gasteiger partial charge on any atom is -0.345 e. The number of para-hydroxylation sites is 2. The topological polar surface area (TPSA) is 34.0 Å². The minimum absolute atomic E-state index is 0.00228. The highest BCUT2D eigenvalue weighted by Crippen LogP contribution is 2.26. The maximum atomic E-state index is 13.1. The van der Waals surface area contributed by atoms with Gasteiger partial charge in [-0.15, -0.1) is 0 Å². The van der Waals surface area contributed by atoms with Gasteiger partial charge in [-0.3, -0.25) is 4.79 Å². The van der Waals surface area contributed by atoms with Crippen LogP contribution in [0.4, 0.5) is 0 Å². The molecule has 0 bridgehead atoms. The van der Waals surface area contributed by atoms with Gasteiger partial charge < -0.3 is 9.88 Å². The monoisotopic (exact) mass is 354 g/mol. The summed E-state index contributed by atoms with van der Waals surface area (Å²) in [6, 6.07) is 28.3. The Kier molecular flexibility index (Phi) is 4.75. The molecule has 0 aliphatic rings. The number of carbonyl (C=O) groups excluding carboxylic acids is 1. The Morgan fingerprint density at radius 3 is 2.22 bits per heavy atom. The van der Waals surface area contributed by atoms with Gasteiger partial charge in [-0.05, 0) is 30.2 Å². The van der Waals surface area contributed by atoms with E-state index in [9.17, 15) is 4.79 Å². The van der Waals surface area contributed by atoms with Gasteiger partial charge in [0.15, 0.2) is 0 Å². The van der Waals surface area contributed by atoms with E-state index in [1.54, 1.807) is 0 Å². The summed E-state index contributed by atoms with van der Waals surface area (Å²) in [6.45, 7) is 2.09. The molecule has 0 radical (unpaired) electrons. The van der Waals surface area contributed by atoms with E-state index in [2.05, 4.69) is 28.9 Å². The molecule has 3 heteroatoms. The van der Waals surface area contributed by atoms with E-state index in [1.807, 2.05) is 79.0 Å². The molecule has 0 unspecified atom stereocenters. The smallest absolute Gasteiger partial charge is 0.253 e. The van der Waals surface area contributed by atoms with Crippen molar-refractivity contribution in [2.24, 2.45) is 0 Å². The Bertz CT molecular complexity index is 1050. The highest BCUT2D eigenvalue weighted by molar-refractivity contribution is 6.07. The van der Waals surface area contributed by atoms with Crippen LogP contribution in [0.25, 0.3) is 16.6 Å². The van der Waals surface area contributed by atoms with Gasteiger partial charge in [0.05, 0.1) is 17.1 Å². The second-order valence-corrected chi connectivity index (χ2v) is 6.61. The molecule has 4 aromatic rings. The summed E-state index contributed by atoms with van der Waals surface area (Å²) in [4.78, 5) is 13.1. The lowest BCUT2D eigenvalue weighted by Crippen LogP contribution is -2.28. The molecule has 0 saturated carbocycles. The number of hydrogen-bond donors (Lipinski definition) is 1. The normalized spacial score (nSPS) is 12.0. The number of benzene rings is 3. The zero-order chi connectivity index (χ0) is 18.6. The molecular formula is C24H22N2O. The molecular weight excluding hydrogens is 332 g/mol. The van der Waals surface area contributed by atoms with Crippen LogP contribution < -0.4 is 5.32 Å². The first-order valence-corrected chi connectivity index (χ1v) is 9.29. The van der Waals surface area contributed by atoms with Crippen LogP contribution in [0.2, 0.25) is 0 Å². The molecule has 134 valence electrons. The third kappa shape index (κ3) is 3.36. The molecule has 0 spiro atoms. The highest BCUT2D eigenvalue weighted by atomic mass is 16.1. The molecule has 3 nitrogen and oxygen atoms in total. The SMILES string of the molecule is CC[C@H](NC(=O)c1cn(-c2ccccc2)c2ccccc12)c1ccccc1. The predicted octanol–water partition coefficient (Wildman–Crippen LogP) is 5.51. The lowest BCUT2D eigenvalue weighted by molar-refractivity contribution is 0.0937. The van der Waals surface area contributed by atoms with E-state index < -0.39 is 0 Å². The van der Waals surface area contributed by atoms with Crippen LogP contribution in [0, 0.1) is 0 Å². The lowest BCUT2D eigenvalue weighted by Gasteiger charge is -2.17. The molecule has 0 aliphatic carbocycles. The Labute approximate surface area is 159 Å². The molecule has 0 fully saturated rings. The van der Waals surface area contributed by atoms with E-state index in [1.165, 1.54) is 0 Å². The number of nitrogens with zero attached hydrogens (tertiary/aromatic N) is 1. The Morgan fingerprint density at radius 1 is 0.889 bits per heavy atom. The molecule has 1 aromatic heterocycles. The molecule has 1 atom stereocenters. The number of carbonyl (C=O) groups is 1. The molecule has 4 rings (SSSR count). The molecule has 27 heavy (non-hydrogen) atoms. The highest BCUT2D eigenvalue weighted by Gasteiger charge is 2.19. The number of fused-ring (bicyclic) bond motifs is 1. The van der Waals surface area contributed by atoms with Crippen LogP contribution in [0.3, 0.4) is 0 Å². The fourth-order valence-electron chi connectivity index (χ4n) is 3.51. The summed E-state index contributed by atoms with van der Waals surface area (Å²) in [7, 11) is 0.